The molecule has 0 fully saturated rings. The molecule has 0 amide bonds. The zero-order valence-corrected chi connectivity index (χ0v) is 15.4. The zero-order chi connectivity index (χ0) is 18.4. The lowest BCUT2D eigenvalue weighted by Crippen LogP contribution is -2.19. The summed E-state index contributed by atoms with van der Waals surface area (Å²) >= 11 is 3.07. The normalized spacial score (nSPS) is 11.5. The van der Waals surface area contributed by atoms with Crippen molar-refractivity contribution in [1.29, 1.82) is 0 Å². The Labute approximate surface area is 154 Å². The number of halogens is 1. The van der Waals surface area contributed by atoms with Crippen LogP contribution in [0.4, 0.5) is 0 Å². The van der Waals surface area contributed by atoms with Gasteiger partial charge in [-0.15, -0.1) is 0 Å². The summed E-state index contributed by atoms with van der Waals surface area (Å²) in [5.74, 6) is -0.984. The monoisotopic (exact) mass is 404 g/mol. The van der Waals surface area contributed by atoms with E-state index >= 15 is 0 Å². The van der Waals surface area contributed by atoms with E-state index in [4.69, 9.17) is 9.47 Å². The number of ether oxygens (including phenoxy) is 2. The first-order valence-corrected chi connectivity index (χ1v) is 8.51. The van der Waals surface area contributed by atoms with Gasteiger partial charge in [0.15, 0.2) is 12.4 Å². The summed E-state index contributed by atoms with van der Waals surface area (Å²) in [6.45, 7) is 3.21. The third kappa shape index (κ3) is 5.53. The van der Waals surface area contributed by atoms with Gasteiger partial charge in [-0.1, -0.05) is 33.6 Å². The molecular formula is C19H17BrO5. The van der Waals surface area contributed by atoms with Crippen molar-refractivity contribution < 1.29 is 23.9 Å². The van der Waals surface area contributed by atoms with E-state index in [0.717, 1.165) is 5.56 Å². The quantitative estimate of drug-likeness (QED) is 0.317. The highest BCUT2D eigenvalue weighted by molar-refractivity contribution is 9.10. The fraction of sp³-hybridized carbons (Fsp3) is 0.211. The predicted molar refractivity (Wildman–Crippen MR) is 96.3 cm³/mol. The number of rotatable bonds is 6. The summed E-state index contributed by atoms with van der Waals surface area (Å²) in [6, 6.07) is 13.1. The first-order valence-electron chi connectivity index (χ1n) is 7.59. The van der Waals surface area contributed by atoms with Crippen molar-refractivity contribution in [2.75, 3.05) is 6.61 Å². The van der Waals surface area contributed by atoms with Crippen molar-refractivity contribution in [3.8, 4) is 5.75 Å². The molecule has 130 valence electrons. The molecule has 0 bridgehead atoms. The lowest BCUT2D eigenvalue weighted by Gasteiger charge is -2.07. The van der Waals surface area contributed by atoms with Crippen molar-refractivity contribution in [2.45, 2.75) is 18.7 Å². The van der Waals surface area contributed by atoms with E-state index in [1.165, 1.54) is 24.3 Å². The molecule has 0 spiro atoms. The maximum atomic E-state index is 12.0. The van der Waals surface area contributed by atoms with Crippen LogP contribution < -0.4 is 4.74 Å². The molecular weight excluding hydrogens is 388 g/mol. The van der Waals surface area contributed by atoms with Gasteiger partial charge in [-0.05, 0) is 50.2 Å². The van der Waals surface area contributed by atoms with Gasteiger partial charge in [0.05, 0.1) is 5.56 Å². The highest BCUT2D eigenvalue weighted by Crippen LogP contribution is 2.15. The Morgan fingerprint density at radius 1 is 0.960 bits per heavy atom. The third-order valence-electron chi connectivity index (χ3n) is 3.34. The first kappa shape index (κ1) is 18.9. The Balaban J connectivity index is 1.95. The number of hydrogen-bond acceptors (Lipinski definition) is 5. The molecule has 2 aromatic carbocycles. The van der Waals surface area contributed by atoms with E-state index in [9.17, 15) is 14.4 Å². The summed E-state index contributed by atoms with van der Waals surface area (Å²) in [6.07, 6.45) is 0. The molecule has 1 atom stereocenters. The summed E-state index contributed by atoms with van der Waals surface area (Å²) in [4.78, 5) is 34.9. The molecule has 1 unspecified atom stereocenters. The van der Waals surface area contributed by atoms with E-state index in [0.29, 0.717) is 16.9 Å². The second kappa shape index (κ2) is 8.58. The molecule has 0 N–H and O–H groups in total. The number of Topliss-reactive ketones (excluding diaryl/α,β-unsaturated/α-hetero) is 1. The van der Waals surface area contributed by atoms with Crippen LogP contribution >= 0.6 is 15.9 Å². The average Bonchev–Trinajstić information content (AvgIpc) is 2.60. The number of aryl methyl sites for hydroxylation is 1. The number of alkyl halides is 1. The van der Waals surface area contributed by atoms with E-state index in [1.807, 2.05) is 19.1 Å². The molecule has 0 aliphatic rings. The Morgan fingerprint density at radius 3 is 2.08 bits per heavy atom. The minimum absolute atomic E-state index is 0.327. The van der Waals surface area contributed by atoms with Gasteiger partial charge < -0.3 is 9.47 Å². The Kier molecular flexibility index (Phi) is 6.47. The smallest absolute Gasteiger partial charge is 0.343 e. The fourth-order valence-corrected chi connectivity index (χ4v) is 2.03. The standard InChI is InChI=1S/C19H17BrO5/c1-12-3-5-15(6-4-12)19(23)25-16-9-7-14(8-10-16)17(21)11-24-18(22)13(2)20/h3-10,13H,11H2,1-2H3. The Hall–Kier alpha value is -2.47. The van der Waals surface area contributed by atoms with Crippen LogP contribution in [-0.2, 0) is 9.53 Å². The van der Waals surface area contributed by atoms with E-state index in [1.54, 1.807) is 19.1 Å². The Bertz CT molecular complexity index is 763. The summed E-state index contributed by atoms with van der Waals surface area (Å²) in [7, 11) is 0. The highest BCUT2D eigenvalue weighted by Gasteiger charge is 2.14. The number of ketones is 1. The number of esters is 2. The number of carbonyl (C=O) groups is 3. The zero-order valence-electron chi connectivity index (χ0n) is 13.8. The minimum Gasteiger partial charge on any atom is -0.456 e. The molecule has 0 heterocycles. The van der Waals surface area contributed by atoms with Crippen LogP contribution in [0.15, 0.2) is 48.5 Å². The van der Waals surface area contributed by atoms with Gasteiger partial charge >= 0.3 is 11.9 Å². The summed E-state index contributed by atoms with van der Waals surface area (Å²) < 4.78 is 10.1. The maximum Gasteiger partial charge on any atom is 0.343 e. The van der Waals surface area contributed by atoms with Gasteiger partial charge in [-0.25, -0.2) is 4.79 Å². The van der Waals surface area contributed by atoms with Gasteiger partial charge in [0.25, 0.3) is 0 Å². The van der Waals surface area contributed by atoms with Crippen LogP contribution in [0, 0.1) is 6.92 Å². The molecule has 6 heteroatoms. The minimum atomic E-state index is -0.503. The first-order chi connectivity index (χ1) is 11.9. The van der Waals surface area contributed by atoms with Crippen LogP contribution in [-0.4, -0.2) is 29.2 Å². The maximum absolute atomic E-state index is 12.0. The number of benzene rings is 2. The van der Waals surface area contributed by atoms with Crippen molar-refractivity contribution in [2.24, 2.45) is 0 Å². The molecule has 2 aromatic rings. The van der Waals surface area contributed by atoms with Gasteiger partial charge in [0.1, 0.15) is 10.6 Å². The molecule has 25 heavy (non-hydrogen) atoms. The van der Waals surface area contributed by atoms with Crippen LogP contribution in [0.1, 0.15) is 33.2 Å². The number of hydrogen-bond donors (Lipinski definition) is 0. The van der Waals surface area contributed by atoms with Gasteiger partial charge in [0, 0.05) is 5.56 Å². The molecule has 0 radical (unpaired) electrons. The topological polar surface area (TPSA) is 69.7 Å². The van der Waals surface area contributed by atoms with Crippen molar-refractivity contribution in [3.63, 3.8) is 0 Å². The van der Waals surface area contributed by atoms with Gasteiger partial charge in [-0.3, -0.25) is 9.59 Å². The van der Waals surface area contributed by atoms with Crippen molar-refractivity contribution >= 4 is 33.7 Å². The number of carbonyl (C=O) groups excluding carboxylic acids is 3. The SMILES string of the molecule is Cc1ccc(C(=O)Oc2ccc(C(=O)COC(=O)C(C)Br)cc2)cc1. The Morgan fingerprint density at radius 2 is 1.52 bits per heavy atom. The van der Waals surface area contributed by atoms with Crippen LogP contribution in [0.2, 0.25) is 0 Å². The average molecular weight is 405 g/mol. The molecule has 5 nitrogen and oxygen atoms in total. The van der Waals surface area contributed by atoms with Crippen LogP contribution in [0.5, 0.6) is 5.75 Å². The van der Waals surface area contributed by atoms with Crippen molar-refractivity contribution in [1.82, 2.24) is 0 Å². The molecule has 0 aliphatic carbocycles. The predicted octanol–water partition coefficient (Wildman–Crippen LogP) is 3.72. The lowest BCUT2D eigenvalue weighted by molar-refractivity contribution is -0.141. The molecule has 0 saturated heterocycles. The largest absolute Gasteiger partial charge is 0.456 e. The third-order valence-corrected chi connectivity index (χ3v) is 3.72. The van der Waals surface area contributed by atoms with E-state index < -0.39 is 16.8 Å². The van der Waals surface area contributed by atoms with Gasteiger partial charge in [0.2, 0.25) is 0 Å². The second-order valence-electron chi connectivity index (χ2n) is 5.43. The summed E-state index contributed by atoms with van der Waals surface area (Å²) in [5, 5.41) is 0. The van der Waals surface area contributed by atoms with E-state index in [-0.39, 0.29) is 12.4 Å². The van der Waals surface area contributed by atoms with E-state index in [2.05, 4.69) is 15.9 Å². The molecule has 0 saturated carbocycles. The molecule has 0 aromatic heterocycles. The second-order valence-corrected chi connectivity index (χ2v) is 6.80. The molecule has 2 rings (SSSR count). The summed E-state index contributed by atoms with van der Waals surface area (Å²) in [5.41, 5.74) is 1.86. The fourth-order valence-electron chi connectivity index (χ4n) is 1.90. The molecule has 0 aliphatic heterocycles. The van der Waals surface area contributed by atoms with Crippen LogP contribution in [0.25, 0.3) is 0 Å². The van der Waals surface area contributed by atoms with Gasteiger partial charge in [-0.2, -0.15) is 0 Å². The van der Waals surface area contributed by atoms with Crippen molar-refractivity contribution in [3.05, 3.63) is 65.2 Å². The highest BCUT2D eigenvalue weighted by atomic mass is 79.9. The van der Waals surface area contributed by atoms with Crippen LogP contribution in [0.3, 0.4) is 0 Å². The lowest BCUT2D eigenvalue weighted by atomic mass is 10.1.